The van der Waals surface area contributed by atoms with Gasteiger partial charge in [-0.1, -0.05) is 23.7 Å². The van der Waals surface area contributed by atoms with Gasteiger partial charge in [-0.15, -0.1) is 0 Å². The van der Waals surface area contributed by atoms with Crippen molar-refractivity contribution in [2.75, 3.05) is 13.1 Å². The van der Waals surface area contributed by atoms with E-state index in [1.54, 1.807) is 26.0 Å². The second-order valence-electron chi connectivity index (χ2n) is 5.31. The first-order valence-electron chi connectivity index (χ1n) is 7.32. The van der Waals surface area contributed by atoms with Gasteiger partial charge in [-0.3, -0.25) is 9.89 Å². The number of aromatic amines is 1. The second-order valence-corrected chi connectivity index (χ2v) is 7.45. The third kappa shape index (κ3) is 4.80. The fraction of sp³-hybridized carbons (Fsp3) is 0.333. The average molecular weight is 371 g/mol. The number of aromatic nitrogens is 2. The number of halogens is 1. The molecule has 9 heteroatoms. The summed E-state index contributed by atoms with van der Waals surface area (Å²) in [6, 6.07) is 7.31. The first-order chi connectivity index (χ1) is 11.3. The maximum absolute atomic E-state index is 12.2. The standard InChI is InChI=1S/C15H19ClN4O3S/c1-10-15(11(2)20-19-10)24(22,23)18-9-14(21)17-8-7-12-3-5-13(16)6-4-12/h3-6,18H,7-9H2,1-2H3,(H,17,21)(H,19,20). The molecule has 0 fully saturated rings. The lowest BCUT2D eigenvalue weighted by Gasteiger charge is -2.08. The van der Waals surface area contributed by atoms with E-state index in [4.69, 9.17) is 11.6 Å². The van der Waals surface area contributed by atoms with E-state index in [2.05, 4.69) is 20.2 Å². The predicted molar refractivity (Wildman–Crippen MR) is 91.4 cm³/mol. The molecular weight excluding hydrogens is 352 g/mol. The number of rotatable bonds is 7. The summed E-state index contributed by atoms with van der Waals surface area (Å²) in [5, 5.41) is 9.78. The number of nitrogens with zero attached hydrogens (tertiary/aromatic N) is 1. The predicted octanol–water partition coefficient (Wildman–Crippen LogP) is 1.32. The highest BCUT2D eigenvalue weighted by molar-refractivity contribution is 7.89. The van der Waals surface area contributed by atoms with Crippen LogP contribution in [0.5, 0.6) is 0 Å². The van der Waals surface area contributed by atoms with Gasteiger partial charge in [0, 0.05) is 11.6 Å². The van der Waals surface area contributed by atoms with Gasteiger partial charge in [0.2, 0.25) is 15.9 Å². The van der Waals surface area contributed by atoms with E-state index in [1.807, 2.05) is 12.1 Å². The number of aryl methyl sites for hydroxylation is 2. The summed E-state index contributed by atoms with van der Waals surface area (Å²) >= 11 is 5.80. The van der Waals surface area contributed by atoms with Crippen LogP contribution in [0, 0.1) is 13.8 Å². The molecule has 0 aliphatic heterocycles. The first kappa shape index (κ1) is 18.4. The van der Waals surface area contributed by atoms with Crippen molar-refractivity contribution in [3.63, 3.8) is 0 Å². The van der Waals surface area contributed by atoms with Gasteiger partial charge in [-0.05, 0) is 38.0 Å². The molecule has 2 aromatic rings. The molecule has 7 nitrogen and oxygen atoms in total. The Bertz CT molecular complexity index is 796. The van der Waals surface area contributed by atoms with E-state index in [0.29, 0.717) is 29.4 Å². The van der Waals surface area contributed by atoms with Gasteiger partial charge in [0.05, 0.1) is 17.9 Å². The third-order valence-corrected chi connectivity index (χ3v) is 5.32. The van der Waals surface area contributed by atoms with Crippen molar-refractivity contribution in [3.05, 3.63) is 46.2 Å². The minimum Gasteiger partial charge on any atom is -0.355 e. The molecule has 0 saturated carbocycles. The Hall–Kier alpha value is -1.90. The van der Waals surface area contributed by atoms with Gasteiger partial charge < -0.3 is 5.32 Å². The summed E-state index contributed by atoms with van der Waals surface area (Å²) in [4.78, 5) is 11.9. The van der Waals surface area contributed by atoms with Crippen LogP contribution in [0.2, 0.25) is 5.02 Å². The van der Waals surface area contributed by atoms with Crippen LogP contribution in [0.15, 0.2) is 29.2 Å². The summed E-state index contributed by atoms with van der Waals surface area (Å²) in [6.45, 7) is 3.28. The molecule has 24 heavy (non-hydrogen) atoms. The Kier molecular flexibility index (Phi) is 5.98. The van der Waals surface area contributed by atoms with Gasteiger partial charge in [-0.25, -0.2) is 13.1 Å². The van der Waals surface area contributed by atoms with Crippen LogP contribution in [0.3, 0.4) is 0 Å². The van der Waals surface area contributed by atoms with Gasteiger partial charge in [0.25, 0.3) is 0 Å². The highest BCUT2D eigenvalue weighted by atomic mass is 35.5. The largest absolute Gasteiger partial charge is 0.355 e. The molecule has 1 aromatic heterocycles. The number of amides is 1. The number of nitrogens with one attached hydrogen (secondary N) is 3. The smallest absolute Gasteiger partial charge is 0.244 e. The Morgan fingerprint density at radius 3 is 2.50 bits per heavy atom. The molecule has 2 rings (SSSR count). The van der Waals surface area contributed by atoms with Crippen LogP contribution >= 0.6 is 11.6 Å². The summed E-state index contributed by atoms with van der Waals surface area (Å²) in [7, 11) is -3.77. The van der Waals surface area contributed by atoms with E-state index < -0.39 is 15.9 Å². The lowest BCUT2D eigenvalue weighted by Crippen LogP contribution is -2.37. The number of hydrogen-bond donors (Lipinski definition) is 3. The minimum absolute atomic E-state index is 0.0801. The van der Waals surface area contributed by atoms with Crippen molar-refractivity contribution in [3.8, 4) is 0 Å². The Morgan fingerprint density at radius 2 is 1.92 bits per heavy atom. The number of sulfonamides is 1. The molecule has 0 aliphatic rings. The Morgan fingerprint density at radius 1 is 1.25 bits per heavy atom. The van der Waals surface area contributed by atoms with E-state index >= 15 is 0 Å². The fourth-order valence-electron chi connectivity index (χ4n) is 2.23. The molecule has 0 atom stereocenters. The molecule has 1 aromatic carbocycles. The highest BCUT2D eigenvalue weighted by Gasteiger charge is 2.22. The number of benzene rings is 1. The van der Waals surface area contributed by atoms with Crippen LogP contribution in [-0.2, 0) is 21.2 Å². The molecule has 0 aliphatic carbocycles. The summed E-state index contributed by atoms with van der Waals surface area (Å²) in [5.41, 5.74) is 1.83. The number of carbonyl (C=O) groups excluding carboxylic acids is 1. The SMILES string of the molecule is Cc1n[nH]c(C)c1S(=O)(=O)NCC(=O)NCCc1ccc(Cl)cc1. The third-order valence-electron chi connectivity index (χ3n) is 3.40. The molecule has 1 heterocycles. The van der Waals surface area contributed by atoms with Crippen LogP contribution in [-0.4, -0.2) is 37.6 Å². The van der Waals surface area contributed by atoms with Crippen LogP contribution < -0.4 is 10.0 Å². The van der Waals surface area contributed by atoms with E-state index in [-0.39, 0.29) is 11.4 Å². The van der Waals surface area contributed by atoms with Crippen LogP contribution in [0.4, 0.5) is 0 Å². The second kappa shape index (κ2) is 7.78. The monoisotopic (exact) mass is 370 g/mol. The topological polar surface area (TPSA) is 104 Å². The maximum Gasteiger partial charge on any atom is 0.244 e. The molecule has 3 N–H and O–H groups in total. The maximum atomic E-state index is 12.2. The Balaban J connectivity index is 1.81. The molecule has 0 radical (unpaired) electrons. The molecule has 0 unspecified atom stereocenters. The summed E-state index contributed by atoms with van der Waals surface area (Å²) in [5.74, 6) is -0.397. The first-order valence-corrected chi connectivity index (χ1v) is 9.18. The molecule has 0 spiro atoms. The summed E-state index contributed by atoms with van der Waals surface area (Å²) < 4.78 is 26.7. The van der Waals surface area contributed by atoms with Crippen molar-refractivity contribution in [2.45, 2.75) is 25.2 Å². The van der Waals surface area contributed by atoms with Gasteiger partial charge >= 0.3 is 0 Å². The quantitative estimate of drug-likeness (QED) is 0.683. The molecule has 0 saturated heterocycles. The average Bonchev–Trinajstić information content (AvgIpc) is 2.87. The lowest BCUT2D eigenvalue weighted by molar-refractivity contribution is -0.119. The number of carbonyl (C=O) groups is 1. The molecule has 1 amide bonds. The van der Waals surface area contributed by atoms with Crippen molar-refractivity contribution in [1.82, 2.24) is 20.2 Å². The zero-order chi connectivity index (χ0) is 17.7. The highest BCUT2D eigenvalue weighted by Crippen LogP contribution is 2.15. The van der Waals surface area contributed by atoms with Gasteiger partial charge in [0.15, 0.2) is 0 Å². The lowest BCUT2D eigenvalue weighted by atomic mass is 10.1. The van der Waals surface area contributed by atoms with Crippen molar-refractivity contribution >= 4 is 27.5 Å². The number of H-pyrrole nitrogens is 1. The minimum atomic E-state index is -3.77. The van der Waals surface area contributed by atoms with Crippen LogP contribution in [0.25, 0.3) is 0 Å². The molecule has 130 valence electrons. The van der Waals surface area contributed by atoms with Crippen molar-refractivity contribution < 1.29 is 13.2 Å². The van der Waals surface area contributed by atoms with Crippen molar-refractivity contribution in [2.24, 2.45) is 0 Å². The van der Waals surface area contributed by atoms with Gasteiger partial charge in [-0.2, -0.15) is 5.10 Å². The molecule has 0 bridgehead atoms. The molecular formula is C15H19ClN4O3S. The van der Waals surface area contributed by atoms with E-state index in [9.17, 15) is 13.2 Å². The zero-order valence-corrected chi connectivity index (χ0v) is 15.0. The zero-order valence-electron chi connectivity index (χ0n) is 13.4. The van der Waals surface area contributed by atoms with Gasteiger partial charge in [0.1, 0.15) is 4.90 Å². The fourth-order valence-corrected chi connectivity index (χ4v) is 3.70. The normalized spacial score (nSPS) is 11.5. The van der Waals surface area contributed by atoms with E-state index in [1.165, 1.54) is 0 Å². The van der Waals surface area contributed by atoms with Crippen molar-refractivity contribution in [1.29, 1.82) is 0 Å². The number of hydrogen-bond acceptors (Lipinski definition) is 4. The summed E-state index contributed by atoms with van der Waals surface area (Å²) in [6.07, 6.45) is 0.635. The van der Waals surface area contributed by atoms with E-state index in [0.717, 1.165) is 5.56 Å². The van der Waals surface area contributed by atoms with Crippen LogP contribution in [0.1, 0.15) is 17.0 Å². The Labute approximate surface area is 145 Å².